The predicted octanol–water partition coefficient (Wildman–Crippen LogP) is 2.63. The predicted molar refractivity (Wildman–Crippen MR) is 134 cm³/mol. The lowest BCUT2D eigenvalue weighted by atomic mass is 10.1. The minimum absolute atomic E-state index is 0.140. The van der Waals surface area contributed by atoms with Crippen LogP contribution in [-0.2, 0) is 16.0 Å². The second kappa shape index (κ2) is 12.1. The zero-order chi connectivity index (χ0) is 24.5. The van der Waals surface area contributed by atoms with Crippen LogP contribution in [0.15, 0.2) is 77.4 Å². The number of hydrogen-bond acceptors (Lipinski definition) is 6. The number of hydrogen-bond donors (Lipinski definition) is 2. The van der Waals surface area contributed by atoms with Crippen LogP contribution in [0.4, 0.5) is 5.69 Å². The summed E-state index contributed by atoms with van der Waals surface area (Å²) < 4.78 is 10.8. The number of amides is 2. The van der Waals surface area contributed by atoms with Crippen LogP contribution in [0.25, 0.3) is 0 Å². The maximum Gasteiger partial charge on any atom is 0.309 e. The van der Waals surface area contributed by atoms with Crippen LogP contribution >= 0.6 is 0 Å². The van der Waals surface area contributed by atoms with Gasteiger partial charge >= 0.3 is 11.8 Å². The number of nitrogens with zero attached hydrogens (tertiary/aromatic N) is 2. The van der Waals surface area contributed by atoms with Crippen LogP contribution in [0.5, 0.6) is 5.75 Å². The summed E-state index contributed by atoms with van der Waals surface area (Å²) >= 11 is 0. The monoisotopic (exact) mass is 476 g/mol. The molecule has 0 bridgehead atoms. The van der Waals surface area contributed by atoms with Gasteiger partial charge < -0.3 is 24.7 Å². The summed E-state index contributed by atoms with van der Waals surface area (Å²) in [6.45, 7) is 4.07. The molecule has 8 nitrogen and oxygen atoms in total. The van der Waals surface area contributed by atoms with Gasteiger partial charge in [-0.05, 0) is 48.4 Å². The molecule has 184 valence electrons. The van der Waals surface area contributed by atoms with Crippen LogP contribution in [0.3, 0.4) is 0 Å². The number of nitrogens with one attached hydrogen (secondary N) is 2. The van der Waals surface area contributed by atoms with Crippen molar-refractivity contribution in [1.29, 1.82) is 0 Å². The molecule has 0 aliphatic carbocycles. The van der Waals surface area contributed by atoms with Crippen molar-refractivity contribution in [2.75, 3.05) is 51.3 Å². The Morgan fingerprint density at radius 1 is 0.914 bits per heavy atom. The molecule has 1 saturated heterocycles. The van der Waals surface area contributed by atoms with Gasteiger partial charge in [-0.15, -0.1) is 0 Å². The number of carbonyl (C=O) groups excluding carboxylic acids is 2. The minimum atomic E-state index is -0.640. The molecule has 1 atom stereocenters. The molecule has 1 aliphatic rings. The lowest BCUT2D eigenvalue weighted by Gasteiger charge is -2.39. The van der Waals surface area contributed by atoms with Crippen molar-refractivity contribution in [1.82, 2.24) is 15.5 Å². The fraction of sp³-hybridized carbons (Fsp3) is 0.333. The van der Waals surface area contributed by atoms with Gasteiger partial charge in [-0.3, -0.25) is 14.5 Å². The highest BCUT2D eigenvalue weighted by Crippen LogP contribution is 2.24. The number of piperazine rings is 1. The first-order valence-corrected chi connectivity index (χ1v) is 11.9. The lowest BCUT2D eigenvalue weighted by Crippen LogP contribution is -2.50. The largest absolute Gasteiger partial charge is 0.497 e. The molecule has 2 N–H and O–H groups in total. The van der Waals surface area contributed by atoms with E-state index in [0.29, 0.717) is 19.5 Å². The number of rotatable bonds is 9. The third-order valence-electron chi connectivity index (χ3n) is 6.27. The Hall–Kier alpha value is -3.78. The van der Waals surface area contributed by atoms with Crippen molar-refractivity contribution < 1.29 is 18.7 Å². The molecule has 0 radical (unpaired) electrons. The fourth-order valence-electron chi connectivity index (χ4n) is 4.28. The summed E-state index contributed by atoms with van der Waals surface area (Å²) in [6, 6.07) is 21.6. The highest BCUT2D eigenvalue weighted by atomic mass is 16.5. The Labute approximate surface area is 205 Å². The SMILES string of the molecule is COc1ccc(CCNC(=O)C(=O)NC[C@H](c2ccco2)N2CCN(c3ccccc3)CC2)cc1. The molecule has 0 spiro atoms. The maximum atomic E-state index is 12.5. The van der Waals surface area contributed by atoms with Gasteiger partial charge in [-0.25, -0.2) is 0 Å². The van der Waals surface area contributed by atoms with Gasteiger partial charge in [0.1, 0.15) is 11.5 Å². The zero-order valence-electron chi connectivity index (χ0n) is 20.0. The van der Waals surface area contributed by atoms with Crippen molar-refractivity contribution in [3.63, 3.8) is 0 Å². The Balaban J connectivity index is 1.26. The van der Waals surface area contributed by atoms with Crippen molar-refractivity contribution in [3.05, 3.63) is 84.3 Å². The molecule has 1 fully saturated rings. The highest BCUT2D eigenvalue weighted by molar-refractivity contribution is 6.35. The number of para-hydroxylation sites is 1. The first kappa shape index (κ1) is 24.3. The number of ether oxygens (including phenoxy) is 1. The average Bonchev–Trinajstić information content (AvgIpc) is 3.44. The maximum absolute atomic E-state index is 12.5. The van der Waals surface area contributed by atoms with Crippen LogP contribution < -0.4 is 20.3 Å². The normalized spacial score (nSPS) is 14.8. The molecule has 2 amide bonds. The van der Waals surface area contributed by atoms with Gasteiger partial charge in [0, 0.05) is 45.0 Å². The molecule has 8 heteroatoms. The summed E-state index contributed by atoms with van der Waals surface area (Å²) in [5.41, 5.74) is 2.26. The first-order chi connectivity index (χ1) is 17.1. The number of carbonyl (C=O) groups is 2. The van der Waals surface area contributed by atoms with Gasteiger partial charge in [0.25, 0.3) is 0 Å². The Morgan fingerprint density at radius 3 is 2.29 bits per heavy atom. The van der Waals surface area contributed by atoms with E-state index in [1.165, 1.54) is 5.69 Å². The minimum Gasteiger partial charge on any atom is -0.497 e. The third-order valence-corrected chi connectivity index (χ3v) is 6.27. The second-order valence-corrected chi connectivity index (χ2v) is 8.45. The molecular formula is C27H32N4O4. The van der Waals surface area contributed by atoms with Crippen LogP contribution in [0.1, 0.15) is 17.4 Å². The number of furan rings is 1. The molecule has 2 aromatic carbocycles. The third kappa shape index (κ3) is 6.64. The van der Waals surface area contributed by atoms with E-state index in [0.717, 1.165) is 43.3 Å². The summed E-state index contributed by atoms with van der Waals surface area (Å²) in [4.78, 5) is 29.4. The summed E-state index contributed by atoms with van der Waals surface area (Å²) in [6.07, 6.45) is 2.26. The van der Waals surface area contributed by atoms with Crippen molar-refractivity contribution in [3.8, 4) is 5.75 Å². The highest BCUT2D eigenvalue weighted by Gasteiger charge is 2.28. The molecule has 1 aromatic heterocycles. The van der Waals surface area contributed by atoms with Crippen molar-refractivity contribution >= 4 is 17.5 Å². The molecule has 0 saturated carbocycles. The van der Waals surface area contributed by atoms with E-state index in [1.54, 1.807) is 13.4 Å². The number of benzene rings is 2. The molecule has 2 heterocycles. The Kier molecular flexibility index (Phi) is 8.40. The molecule has 3 aromatic rings. The molecule has 0 unspecified atom stereocenters. The topological polar surface area (TPSA) is 87.0 Å². The van der Waals surface area contributed by atoms with Gasteiger partial charge in [0.2, 0.25) is 0 Å². The molecule has 4 rings (SSSR count). The van der Waals surface area contributed by atoms with Gasteiger partial charge in [-0.2, -0.15) is 0 Å². The van der Waals surface area contributed by atoms with Crippen LogP contribution in [0.2, 0.25) is 0 Å². The van der Waals surface area contributed by atoms with Crippen LogP contribution in [-0.4, -0.2) is 63.1 Å². The van der Waals surface area contributed by atoms with E-state index in [4.69, 9.17) is 9.15 Å². The zero-order valence-corrected chi connectivity index (χ0v) is 20.0. The van der Waals surface area contributed by atoms with E-state index in [2.05, 4.69) is 32.6 Å². The average molecular weight is 477 g/mol. The van der Waals surface area contributed by atoms with E-state index < -0.39 is 11.8 Å². The van der Waals surface area contributed by atoms with E-state index >= 15 is 0 Å². The number of anilines is 1. The smallest absolute Gasteiger partial charge is 0.309 e. The van der Waals surface area contributed by atoms with Gasteiger partial charge in [-0.1, -0.05) is 30.3 Å². The quantitative estimate of drug-likeness (QED) is 0.462. The first-order valence-electron chi connectivity index (χ1n) is 11.9. The summed E-state index contributed by atoms with van der Waals surface area (Å²) in [5, 5.41) is 5.49. The fourth-order valence-corrected chi connectivity index (χ4v) is 4.28. The Bertz CT molecular complexity index is 1060. The Morgan fingerprint density at radius 2 is 1.63 bits per heavy atom. The lowest BCUT2D eigenvalue weighted by molar-refractivity contribution is -0.139. The van der Waals surface area contributed by atoms with E-state index in [9.17, 15) is 9.59 Å². The van der Waals surface area contributed by atoms with E-state index in [1.807, 2.05) is 54.6 Å². The molecular weight excluding hydrogens is 444 g/mol. The van der Waals surface area contributed by atoms with Gasteiger partial charge in [0.15, 0.2) is 0 Å². The van der Waals surface area contributed by atoms with Crippen molar-refractivity contribution in [2.24, 2.45) is 0 Å². The van der Waals surface area contributed by atoms with Gasteiger partial charge in [0.05, 0.1) is 19.4 Å². The summed E-state index contributed by atoms with van der Waals surface area (Å²) in [7, 11) is 1.62. The van der Waals surface area contributed by atoms with Crippen molar-refractivity contribution in [2.45, 2.75) is 12.5 Å². The molecule has 35 heavy (non-hydrogen) atoms. The van der Waals surface area contributed by atoms with Crippen LogP contribution in [0, 0.1) is 0 Å². The molecule has 1 aliphatic heterocycles. The summed E-state index contributed by atoms with van der Waals surface area (Å²) in [5.74, 6) is 0.285. The number of methoxy groups -OCH3 is 1. The standard InChI is InChI=1S/C27H32N4O4/c1-34-23-11-9-21(10-12-23)13-14-28-26(32)27(33)29-20-24(25-8-5-19-35-25)31-17-15-30(16-18-31)22-6-3-2-4-7-22/h2-12,19,24H,13-18,20H2,1H3,(H,28,32)(H,29,33)/t24-/m1/s1. The second-order valence-electron chi connectivity index (χ2n) is 8.45. The van der Waals surface area contributed by atoms with E-state index in [-0.39, 0.29) is 6.04 Å².